The molecule has 0 bridgehead atoms. The Morgan fingerprint density at radius 3 is 2.57 bits per heavy atom. The molecule has 5 heteroatoms. The maximum Gasteiger partial charge on any atom is 0.251 e. The first-order valence-corrected chi connectivity index (χ1v) is 4.92. The fourth-order valence-electron chi connectivity index (χ4n) is 1.58. The summed E-state index contributed by atoms with van der Waals surface area (Å²) in [6, 6.07) is -0.415. The fourth-order valence-corrected chi connectivity index (χ4v) is 1.58. The van der Waals surface area contributed by atoms with Crippen LogP contribution in [0.4, 0.5) is 0 Å². The van der Waals surface area contributed by atoms with Crippen LogP contribution in [0, 0.1) is 5.92 Å². The van der Waals surface area contributed by atoms with E-state index in [-0.39, 0.29) is 11.8 Å². The number of nitrogens with zero attached hydrogens (tertiary/aromatic N) is 1. The topological polar surface area (TPSA) is 67.6 Å². The first-order valence-electron chi connectivity index (χ1n) is 4.92. The van der Waals surface area contributed by atoms with E-state index in [1.807, 2.05) is 0 Å². The molecule has 1 fully saturated rings. The van der Waals surface area contributed by atoms with Crippen LogP contribution >= 0.6 is 0 Å². The van der Waals surface area contributed by atoms with Crippen LogP contribution in [0.5, 0.6) is 0 Å². The number of nitrogens with two attached hydrogens (primary N) is 1. The summed E-state index contributed by atoms with van der Waals surface area (Å²) >= 11 is 0. The van der Waals surface area contributed by atoms with Gasteiger partial charge in [-0.3, -0.25) is 10.2 Å². The number of hydrogen-bond donors (Lipinski definition) is 2. The zero-order valence-corrected chi connectivity index (χ0v) is 8.82. The van der Waals surface area contributed by atoms with E-state index in [1.54, 1.807) is 19.1 Å². The summed E-state index contributed by atoms with van der Waals surface area (Å²) in [4.78, 5) is 11.5. The standard InChI is InChI=1S/C9H19N3O2/c1-12(2)11-9(13)8(10)7-3-5-14-6-4-7/h7-8H,3-6,10H2,1-2H3,(H,11,13). The van der Waals surface area contributed by atoms with Crippen LogP contribution < -0.4 is 11.2 Å². The molecule has 1 heterocycles. The minimum atomic E-state index is -0.415. The maximum atomic E-state index is 11.5. The summed E-state index contributed by atoms with van der Waals surface area (Å²) in [6.45, 7) is 1.43. The van der Waals surface area contributed by atoms with Crippen molar-refractivity contribution >= 4 is 5.91 Å². The van der Waals surface area contributed by atoms with Crippen LogP contribution in [-0.4, -0.2) is 44.3 Å². The second kappa shape index (κ2) is 5.29. The van der Waals surface area contributed by atoms with E-state index in [2.05, 4.69) is 5.43 Å². The highest BCUT2D eigenvalue weighted by molar-refractivity contribution is 5.81. The predicted octanol–water partition coefficient (Wildman–Crippen LogP) is -0.667. The molecule has 0 aromatic carbocycles. The van der Waals surface area contributed by atoms with Gasteiger partial charge in [-0.1, -0.05) is 0 Å². The minimum Gasteiger partial charge on any atom is -0.381 e. The molecule has 14 heavy (non-hydrogen) atoms. The predicted molar refractivity (Wildman–Crippen MR) is 53.3 cm³/mol. The second-order valence-corrected chi connectivity index (χ2v) is 3.85. The summed E-state index contributed by atoms with van der Waals surface area (Å²) in [5.74, 6) is 0.144. The van der Waals surface area contributed by atoms with E-state index in [0.29, 0.717) is 13.2 Å². The number of nitrogens with one attached hydrogen (secondary N) is 1. The lowest BCUT2D eigenvalue weighted by Crippen LogP contribution is -2.50. The fraction of sp³-hybridized carbons (Fsp3) is 0.889. The Hall–Kier alpha value is -0.650. The molecule has 1 rings (SSSR count). The van der Waals surface area contributed by atoms with Crippen molar-refractivity contribution in [2.75, 3.05) is 27.3 Å². The molecule has 0 radical (unpaired) electrons. The summed E-state index contributed by atoms with van der Waals surface area (Å²) in [5, 5.41) is 1.61. The third kappa shape index (κ3) is 3.25. The van der Waals surface area contributed by atoms with E-state index in [1.165, 1.54) is 0 Å². The molecule has 0 aromatic heterocycles. The van der Waals surface area contributed by atoms with Gasteiger partial charge < -0.3 is 10.5 Å². The van der Waals surface area contributed by atoms with Gasteiger partial charge in [0.1, 0.15) is 0 Å². The van der Waals surface area contributed by atoms with E-state index < -0.39 is 6.04 Å². The molecule has 3 N–H and O–H groups in total. The molecule has 0 saturated carbocycles. The lowest BCUT2D eigenvalue weighted by atomic mass is 9.92. The van der Waals surface area contributed by atoms with Crippen LogP contribution in [0.25, 0.3) is 0 Å². The number of rotatable bonds is 3. The Labute approximate surface area is 84.5 Å². The van der Waals surface area contributed by atoms with Crippen molar-refractivity contribution in [3.05, 3.63) is 0 Å². The van der Waals surface area contributed by atoms with Crippen molar-refractivity contribution in [2.24, 2.45) is 11.7 Å². The van der Waals surface area contributed by atoms with Gasteiger partial charge in [0.05, 0.1) is 6.04 Å². The lowest BCUT2D eigenvalue weighted by molar-refractivity contribution is -0.128. The zero-order valence-electron chi connectivity index (χ0n) is 8.82. The van der Waals surface area contributed by atoms with Gasteiger partial charge in [-0.25, -0.2) is 5.01 Å². The van der Waals surface area contributed by atoms with Crippen LogP contribution in [0.15, 0.2) is 0 Å². The average Bonchev–Trinajstić information content (AvgIpc) is 2.17. The highest BCUT2D eigenvalue weighted by atomic mass is 16.5. The third-order valence-corrected chi connectivity index (χ3v) is 2.41. The number of hydrazine groups is 1. The highest BCUT2D eigenvalue weighted by Gasteiger charge is 2.26. The summed E-state index contributed by atoms with van der Waals surface area (Å²) in [6.07, 6.45) is 1.75. The van der Waals surface area contributed by atoms with Crippen LogP contribution in [0.2, 0.25) is 0 Å². The maximum absolute atomic E-state index is 11.5. The molecule has 1 saturated heterocycles. The zero-order chi connectivity index (χ0) is 10.6. The van der Waals surface area contributed by atoms with E-state index in [0.717, 1.165) is 12.8 Å². The molecule has 1 aliphatic heterocycles. The summed E-state index contributed by atoms with van der Waals surface area (Å²) in [5.41, 5.74) is 8.51. The monoisotopic (exact) mass is 201 g/mol. The molecule has 0 spiro atoms. The van der Waals surface area contributed by atoms with Crippen molar-refractivity contribution in [3.8, 4) is 0 Å². The Morgan fingerprint density at radius 2 is 2.07 bits per heavy atom. The van der Waals surface area contributed by atoms with Gasteiger partial charge in [-0.15, -0.1) is 0 Å². The third-order valence-electron chi connectivity index (χ3n) is 2.41. The van der Waals surface area contributed by atoms with Crippen LogP contribution in [-0.2, 0) is 9.53 Å². The van der Waals surface area contributed by atoms with Gasteiger partial charge in [0.2, 0.25) is 0 Å². The Bertz CT molecular complexity index is 190. The Morgan fingerprint density at radius 1 is 1.50 bits per heavy atom. The average molecular weight is 201 g/mol. The quantitative estimate of drug-likeness (QED) is 0.594. The molecule has 0 aromatic rings. The van der Waals surface area contributed by atoms with E-state index in [4.69, 9.17) is 10.5 Å². The van der Waals surface area contributed by atoms with Gasteiger partial charge in [0, 0.05) is 27.3 Å². The van der Waals surface area contributed by atoms with E-state index >= 15 is 0 Å². The van der Waals surface area contributed by atoms with Gasteiger partial charge in [0.15, 0.2) is 0 Å². The molecule has 0 aliphatic carbocycles. The van der Waals surface area contributed by atoms with Crippen molar-refractivity contribution in [2.45, 2.75) is 18.9 Å². The number of amides is 1. The SMILES string of the molecule is CN(C)NC(=O)C(N)C1CCOCC1. The first kappa shape index (κ1) is 11.4. The van der Waals surface area contributed by atoms with E-state index in [9.17, 15) is 4.79 Å². The lowest BCUT2D eigenvalue weighted by Gasteiger charge is -2.27. The van der Waals surface area contributed by atoms with Gasteiger partial charge in [-0.2, -0.15) is 0 Å². The normalized spacial score (nSPS) is 20.9. The van der Waals surface area contributed by atoms with Crippen LogP contribution in [0.3, 0.4) is 0 Å². The molecule has 82 valence electrons. The molecule has 1 aliphatic rings. The number of carbonyl (C=O) groups excluding carboxylic acids is 1. The summed E-state index contributed by atoms with van der Waals surface area (Å²) in [7, 11) is 3.54. The van der Waals surface area contributed by atoms with Crippen LogP contribution in [0.1, 0.15) is 12.8 Å². The van der Waals surface area contributed by atoms with Crippen molar-refractivity contribution in [3.63, 3.8) is 0 Å². The molecule has 1 amide bonds. The van der Waals surface area contributed by atoms with Crippen molar-refractivity contribution in [1.82, 2.24) is 10.4 Å². The molecular weight excluding hydrogens is 182 g/mol. The van der Waals surface area contributed by atoms with Crippen molar-refractivity contribution < 1.29 is 9.53 Å². The van der Waals surface area contributed by atoms with Gasteiger partial charge in [-0.05, 0) is 18.8 Å². The summed E-state index contributed by atoms with van der Waals surface area (Å²) < 4.78 is 5.21. The van der Waals surface area contributed by atoms with Crippen molar-refractivity contribution in [1.29, 1.82) is 0 Å². The molecule has 5 nitrogen and oxygen atoms in total. The number of carbonyl (C=O) groups is 1. The molecular formula is C9H19N3O2. The van der Waals surface area contributed by atoms with Gasteiger partial charge >= 0.3 is 0 Å². The van der Waals surface area contributed by atoms with Gasteiger partial charge in [0.25, 0.3) is 5.91 Å². The number of ether oxygens (including phenoxy) is 1. The smallest absolute Gasteiger partial charge is 0.251 e. The highest BCUT2D eigenvalue weighted by Crippen LogP contribution is 2.17. The Balaban J connectivity index is 2.38. The first-order chi connectivity index (χ1) is 6.61. The minimum absolute atomic E-state index is 0.109. The molecule has 1 unspecified atom stereocenters. The molecule has 1 atom stereocenters. The Kier molecular flexibility index (Phi) is 4.31. The number of hydrogen-bond acceptors (Lipinski definition) is 4. The second-order valence-electron chi connectivity index (χ2n) is 3.85. The largest absolute Gasteiger partial charge is 0.381 e.